The van der Waals surface area contributed by atoms with Crippen molar-refractivity contribution < 1.29 is 14.0 Å². The lowest BCUT2D eigenvalue weighted by molar-refractivity contribution is -0.120. The summed E-state index contributed by atoms with van der Waals surface area (Å²) in [7, 11) is 0. The van der Waals surface area contributed by atoms with Gasteiger partial charge in [0.1, 0.15) is 6.67 Å². The number of rotatable bonds is 6. The molecule has 0 aromatic heterocycles. The highest BCUT2D eigenvalue weighted by molar-refractivity contribution is 5.96. The fourth-order valence-electron chi connectivity index (χ4n) is 4.04. The van der Waals surface area contributed by atoms with E-state index in [9.17, 15) is 14.0 Å². The maximum Gasteiger partial charge on any atom is 0.251 e. The molecule has 0 unspecified atom stereocenters. The molecule has 2 aliphatic rings. The predicted octanol–water partition coefficient (Wildman–Crippen LogP) is 1.35. The van der Waals surface area contributed by atoms with Crippen LogP contribution in [0, 0.1) is 0 Å². The highest BCUT2D eigenvalue weighted by atomic mass is 19.1. The summed E-state index contributed by atoms with van der Waals surface area (Å²) < 4.78 is 12.7. The normalized spacial score (nSPS) is 25.9. The molecule has 148 valence electrons. The van der Waals surface area contributed by atoms with Crippen molar-refractivity contribution in [3.63, 3.8) is 0 Å². The van der Waals surface area contributed by atoms with Crippen molar-refractivity contribution in [3.05, 3.63) is 35.4 Å². The average Bonchev–Trinajstić information content (AvgIpc) is 3.15. The topological polar surface area (TPSA) is 87.5 Å². The Bertz CT molecular complexity index is 661. The van der Waals surface area contributed by atoms with Crippen molar-refractivity contribution in [2.75, 3.05) is 19.6 Å². The van der Waals surface area contributed by atoms with Gasteiger partial charge in [0, 0.05) is 36.8 Å². The number of hydrogen-bond donors (Lipinski definition) is 3. The Morgan fingerprint density at radius 2 is 1.96 bits per heavy atom. The van der Waals surface area contributed by atoms with Gasteiger partial charge in [0.2, 0.25) is 5.91 Å². The quantitative estimate of drug-likeness (QED) is 0.699. The summed E-state index contributed by atoms with van der Waals surface area (Å²) in [5, 5.41) is 5.61. The molecule has 7 heteroatoms. The van der Waals surface area contributed by atoms with Gasteiger partial charge in [-0.3, -0.25) is 14.5 Å². The summed E-state index contributed by atoms with van der Waals surface area (Å²) in [5.74, 6) is -0.561. The summed E-state index contributed by atoms with van der Waals surface area (Å²) in [5.41, 5.74) is 6.78. The van der Waals surface area contributed by atoms with Gasteiger partial charge in [-0.05, 0) is 49.8 Å². The van der Waals surface area contributed by atoms with E-state index in [1.54, 1.807) is 18.2 Å². The molecule has 4 N–H and O–H groups in total. The summed E-state index contributed by atoms with van der Waals surface area (Å²) in [6.07, 6.45) is 5.36. The Kier molecular flexibility index (Phi) is 6.79. The number of nitrogens with one attached hydrogen (secondary N) is 2. The van der Waals surface area contributed by atoms with Crippen molar-refractivity contribution in [1.82, 2.24) is 15.5 Å². The first-order valence-electron chi connectivity index (χ1n) is 9.77. The molecule has 1 saturated carbocycles. The number of likely N-dealkylation sites (tertiary alicyclic amines) is 1. The van der Waals surface area contributed by atoms with E-state index in [2.05, 4.69) is 15.5 Å². The molecule has 0 spiro atoms. The van der Waals surface area contributed by atoms with E-state index >= 15 is 0 Å². The van der Waals surface area contributed by atoms with E-state index < -0.39 is 6.67 Å². The van der Waals surface area contributed by atoms with E-state index in [0.29, 0.717) is 23.2 Å². The molecule has 2 amide bonds. The van der Waals surface area contributed by atoms with Crippen LogP contribution in [0.25, 0.3) is 0 Å². The van der Waals surface area contributed by atoms with Gasteiger partial charge >= 0.3 is 0 Å². The van der Waals surface area contributed by atoms with Gasteiger partial charge in [-0.1, -0.05) is 12.1 Å². The number of carbonyl (C=O) groups excluding carboxylic acids is 2. The second kappa shape index (κ2) is 9.28. The zero-order chi connectivity index (χ0) is 19.2. The van der Waals surface area contributed by atoms with Crippen molar-refractivity contribution in [3.8, 4) is 0 Å². The lowest BCUT2D eigenvalue weighted by atomic mass is 9.91. The second-order valence-corrected chi connectivity index (χ2v) is 7.63. The number of nitrogens with two attached hydrogens (primary N) is 1. The molecule has 1 aliphatic carbocycles. The minimum atomic E-state index is -0.618. The van der Waals surface area contributed by atoms with Gasteiger partial charge in [0.25, 0.3) is 5.91 Å². The zero-order valence-corrected chi connectivity index (χ0v) is 15.6. The third-order valence-electron chi connectivity index (χ3n) is 5.60. The maximum absolute atomic E-state index is 12.7. The predicted molar refractivity (Wildman–Crippen MR) is 102 cm³/mol. The molecule has 6 nitrogen and oxygen atoms in total. The third-order valence-corrected chi connectivity index (χ3v) is 5.60. The number of nitrogens with zero attached hydrogens (tertiary/aromatic N) is 1. The van der Waals surface area contributed by atoms with Gasteiger partial charge in [-0.25, -0.2) is 4.39 Å². The minimum absolute atomic E-state index is 0.0759. The average molecular weight is 376 g/mol. The van der Waals surface area contributed by atoms with Crippen LogP contribution in [-0.2, 0) is 11.5 Å². The first-order valence-corrected chi connectivity index (χ1v) is 9.77. The maximum atomic E-state index is 12.7. The molecule has 0 radical (unpaired) electrons. The summed E-state index contributed by atoms with van der Waals surface area (Å²) in [4.78, 5) is 26.7. The van der Waals surface area contributed by atoms with Crippen LogP contribution >= 0.6 is 0 Å². The monoisotopic (exact) mass is 376 g/mol. The Morgan fingerprint density at radius 3 is 2.70 bits per heavy atom. The first-order chi connectivity index (χ1) is 13.0. The van der Waals surface area contributed by atoms with E-state index in [4.69, 9.17) is 5.73 Å². The van der Waals surface area contributed by atoms with Crippen LogP contribution in [0.4, 0.5) is 4.39 Å². The van der Waals surface area contributed by atoms with Gasteiger partial charge in [-0.15, -0.1) is 0 Å². The molecular formula is C20H29FN4O2. The Balaban J connectivity index is 1.40. The third kappa shape index (κ3) is 5.49. The summed E-state index contributed by atoms with van der Waals surface area (Å²) in [6.45, 7) is 1.16. The first kappa shape index (κ1) is 19.8. The SMILES string of the molecule is NC1CCC(N2CC[C@@H](NC(=O)CNC(=O)c3cccc(CF)c3)C2)CC1. The lowest BCUT2D eigenvalue weighted by Crippen LogP contribution is -2.45. The van der Waals surface area contributed by atoms with E-state index in [1.165, 1.54) is 6.07 Å². The molecule has 1 atom stereocenters. The molecule has 1 aromatic rings. The minimum Gasteiger partial charge on any atom is -0.350 e. The molecule has 0 bridgehead atoms. The Hall–Kier alpha value is -1.99. The summed E-state index contributed by atoms with van der Waals surface area (Å²) >= 11 is 0. The van der Waals surface area contributed by atoms with Gasteiger partial charge in [-0.2, -0.15) is 0 Å². The van der Waals surface area contributed by atoms with Gasteiger partial charge in [0.15, 0.2) is 0 Å². The second-order valence-electron chi connectivity index (χ2n) is 7.63. The lowest BCUT2D eigenvalue weighted by Gasteiger charge is -2.33. The Labute approximate surface area is 159 Å². The van der Waals surface area contributed by atoms with Gasteiger partial charge < -0.3 is 16.4 Å². The largest absolute Gasteiger partial charge is 0.350 e. The van der Waals surface area contributed by atoms with Crippen LogP contribution in [-0.4, -0.2) is 54.5 Å². The standard InChI is InChI=1S/C20H29FN4O2/c21-11-14-2-1-3-15(10-14)20(27)23-12-19(26)24-17-8-9-25(13-17)18-6-4-16(22)5-7-18/h1-3,10,16-18H,4-9,11-13,22H2,(H,23,27)(H,24,26)/t16?,17-,18?/m1/s1. The van der Waals surface area contributed by atoms with Crippen LogP contribution in [0.3, 0.4) is 0 Å². The molecule has 1 heterocycles. The number of halogens is 1. The van der Waals surface area contributed by atoms with Crippen molar-refractivity contribution >= 4 is 11.8 Å². The van der Waals surface area contributed by atoms with E-state index in [0.717, 1.165) is 45.2 Å². The van der Waals surface area contributed by atoms with E-state index in [1.807, 2.05) is 0 Å². The fourth-order valence-corrected chi connectivity index (χ4v) is 4.04. The molecule has 3 rings (SSSR count). The number of hydrogen-bond acceptors (Lipinski definition) is 4. The molecular weight excluding hydrogens is 347 g/mol. The number of amides is 2. The Morgan fingerprint density at radius 1 is 1.19 bits per heavy atom. The smallest absolute Gasteiger partial charge is 0.251 e. The van der Waals surface area contributed by atoms with Crippen molar-refractivity contribution in [1.29, 1.82) is 0 Å². The number of carbonyl (C=O) groups is 2. The highest BCUT2D eigenvalue weighted by Crippen LogP contribution is 2.25. The molecule has 1 saturated heterocycles. The van der Waals surface area contributed by atoms with Crippen LogP contribution in [0.15, 0.2) is 24.3 Å². The van der Waals surface area contributed by atoms with Crippen LogP contribution in [0.2, 0.25) is 0 Å². The van der Waals surface area contributed by atoms with Crippen LogP contribution in [0.5, 0.6) is 0 Å². The highest BCUT2D eigenvalue weighted by Gasteiger charge is 2.31. The molecule has 2 fully saturated rings. The molecule has 1 aliphatic heterocycles. The van der Waals surface area contributed by atoms with Gasteiger partial charge in [0.05, 0.1) is 6.54 Å². The number of alkyl halides is 1. The van der Waals surface area contributed by atoms with E-state index in [-0.39, 0.29) is 24.4 Å². The van der Waals surface area contributed by atoms with Crippen LogP contribution in [0.1, 0.15) is 48.0 Å². The summed E-state index contributed by atoms with van der Waals surface area (Å²) in [6, 6.07) is 7.41. The van der Waals surface area contributed by atoms with Crippen molar-refractivity contribution in [2.45, 2.75) is 56.9 Å². The fraction of sp³-hybridized carbons (Fsp3) is 0.600. The van der Waals surface area contributed by atoms with Crippen LogP contribution < -0.4 is 16.4 Å². The molecule has 27 heavy (non-hydrogen) atoms. The van der Waals surface area contributed by atoms with Crippen molar-refractivity contribution in [2.24, 2.45) is 5.73 Å². The number of benzene rings is 1. The molecule has 1 aromatic carbocycles. The zero-order valence-electron chi connectivity index (χ0n) is 15.6.